The summed E-state index contributed by atoms with van der Waals surface area (Å²) in [5.41, 5.74) is 0.509. The van der Waals surface area contributed by atoms with Crippen molar-refractivity contribution in [2.75, 3.05) is 13.2 Å². The van der Waals surface area contributed by atoms with E-state index in [4.69, 9.17) is 58.3 Å². The third-order valence-electron chi connectivity index (χ3n) is 13.5. The number of esters is 1. The van der Waals surface area contributed by atoms with Gasteiger partial charge in [-0.25, -0.2) is 14.2 Å². The minimum Gasteiger partial charge on any atom is -0.460 e. The first-order valence-corrected chi connectivity index (χ1v) is 27.2. The smallest absolute Gasteiger partial charge is 0.460 e. The number of hydrogen-bond acceptors (Lipinski definition) is 16. The highest BCUT2D eigenvalue weighted by Crippen LogP contribution is 2.56. The molecule has 3 aliphatic rings. The molecule has 7 atom stereocenters. The molecule has 2 fully saturated rings. The third-order valence-corrected chi connectivity index (χ3v) is 15.2. The van der Waals surface area contributed by atoms with Gasteiger partial charge in [0.15, 0.2) is 5.60 Å². The minimum absolute atomic E-state index is 0.0144. The standard InChI is InChI=1S/C59H52ClN4O14P/c1-37-33-63(57(66)61-55(37)72-41-21-9-5-10-22-41)53-31-49(71-39(3)65)52(76-53)36-70-79(68,77-48-30-18-15-27-45(48)60)78-50-32-54(64-34-38(2)56(62-58(64)67)73-42-23-11-6-12-24-42)75-51(50)35-69-59(40-19-7-4-8-20-40)43-25-13-16-28-46(43)74-47-29-17-14-26-44(47)59/h4-30,33-34,49-54H,31-32,35-36H2,1-3H3/t49-,50-,51+,52+,53+,54+,79?/m0/s1. The van der Waals surface area contributed by atoms with Crippen LogP contribution in [0.3, 0.4) is 0 Å². The molecule has 20 heteroatoms. The van der Waals surface area contributed by atoms with Crippen LogP contribution in [0, 0.1) is 13.8 Å². The van der Waals surface area contributed by atoms with E-state index in [0.29, 0.717) is 45.3 Å². The molecule has 2 saturated heterocycles. The number of ether oxygens (including phenoxy) is 7. The number of para-hydroxylation sites is 5. The number of nitrogens with zero attached hydrogens (tertiary/aromatic N) is 4. The van der Waals surface area contributed by atoms with E-state index in [1.54, 1.807) is 80.7 Å². The first-order chi connectivity index (χ1) is 38.3. The van der Waals surface area contributed by atoms with Crippen LogP contribution < -0.4 is 30.1 Å². The van der Waals surface area contributed by atoms with Crippen molar-refractivity contribution in [3.8, 4) is 40.5 Å². The number of hydrogen-bond donors (Lipinski definition) is 0. The predicted octanol–water partition coefficient (Wildman–Crippen LogP) is 11.6. The fourth-order valence-corrected chi connectivity index (χ4v) is 11.5. The lowest BCUT2D eigenvalue weighted by molar-refractivity contribution is -0.150. The summed E-state index contributed by atoms with van der Waals surface area (Å²) < 4.78 is 81.9. The van der Waals surface area contributed by atoms with Crippen molar-refractivity contribution < 1.29 is 56.1 Å². The number of carbonyl (C=O) groups is 1. The van der Waals surface area contributed by atoms with E-state index in [2.05, 4.69) is 9.97 Å². The van der Waals surface area contributed by atoms with E-state index in [1.165, 1.54) is 34.4 Å². The summed E-state index contributed by atoms with van der Waals surface area (Å²) in [4.78, 5) is 48.8. The number of phosphoric ester groups is 1. The monoisotopic (exact) mass is 1110 g/mol. The second-order valence-electron chi connectivity index (χ2n) is 18.9. The highest BCUT2D eigenvalue weighted by Gasteiger charge is 2.50. The number of aryl methyl sites for hydroxylation is 2. The van der Waals surface area contributed by atoms with Gasteiger partial charge < -0.3 is 37.7 Å². The van der Waals surface area contributed by atoms with E-state index < -0.39 is 74.3 Å². The maximum atomic E-state index is 15.7. The van der Waals surface area contributed by atoms with Crippen LogP contribution >= 0.6 is 19.4 Å². The SMILES string of the molecule is CC(=O)O[C@H]1C[C@H](n2cc(C)c(Oc3ccccc3)nc2=O)O[C@@H]1COP(=O)(Oc1ccccc1Cl)O[C@H]1C[C@H](n2cc(C)c(Oc3ccccc3)nc2=O)O[C@@H]1COC1(c2ccccc2)c2ccccc2Oc2ccccc21. The first-order valence-electron chi connectivity index (χ1n) is 25.4. The van der Waals surface area contributed by atoms with Crippen LogP contribution in [0.4, 0.5) is 0 Å². The Hall–Kier alpha value is -7.93. The molecule has 5 heterocycles. The lowest BCUT2D eigenvalue weighted by Gasteiger charge is -2.41. The van der Waals surface area contributed by atoms with Gasteiger partial charge in [0, 0.05) is 54.4 Å². The van der Waals surface area contributed by atoms with Crippen molar-refractivity contribution in [3.63, 3.8) is 0 Å². The van der Waals surface area contributed by atoms with Gasteiger partial charge in [-0.15, -0.1) is 0 Å². The molecule has 79 heavy (non-hydrogen) atoms. The molecule has 2 aromatic heterocycles. The molecule has 0 radical (unpaired) electrons. The number of phosphoric acid groups is 1. The van der Waals surface area contributed by atoms with Crippen molar-refractivity contribution in [2.24, 2.45) is 0 Å². The lowest BCUT2D eigenvalue weighted by atomic mass is 9.77. The number of fused-ring (bicyclic) bond motifs is 2. The Bertz CT molecular complexity index is 3620. The zero-order valence-corrected chi connectivity index (χ0v) is 44.5. The van der Waals surface area contributed by atoms with Gasteiger partial charge in [-0.2, -0.15) is 9.97 Å². The molecule has 3 aliphatic heterocycles. The zero-order valence-electron chi connectivity index (χ0n) is 42.9. The summed E-state index contributed by atoms with van der Waals surface area (Å²) >= 11 is 6.65. The molecule has 0 N–H and O–H groups in total. The maximum Gasteiger partial charge on any atom is 0.530 e. The summed E-state index contributed by atoms with van der Waals surface area (Å²) in [5, 5.41) is 0.0832. The lowest BCUT2D eigenvalue weighted by Crippen LogP contribution is -2.40. The molecule has 0 aliphatic carbocycles. The maximum absolute atomic E-state index is 15.7. The predicted molar refractivity (Wildman–Crippen MR) is 288 cm³/mol. The van der Waals surface area contributed by atoms with Gasteiger partial charge in [0.2, 0.25) is 11.8 Å². The Morgan fingerprint density at radius 2 is 1.13 bits per heavy atom. The number of rotatable bonds is 18. The minimum atomic E-state index is -4.92. The zero-order chi connectivity index (χ0) is 54.7. The second-order valence-corrected chi connectivity index (χ2v) is 20.9. The van der Waals surface area contributed by atoms with Crippen LogP contribution in [0.5, 0.6) is 40.5 Å². The molecule has 11 rings (SSSR count). The van der Waals surface area contributed by atoms with Gasteiger partial charge in [0.25, 0.3) is 0 Å². The van der Waals surface area contributed by atoms with Crippen LogP contribution in [0.1, 0.15) is 60.0 Å². The summed E-state index contributed by atoms with van der Waals surface area (Å²) in [6, 6.07) is 48.9. The quantitative estimate of drug-likeness (QED) is 0.0580. The second kappa shape index (κ2) is 22.8. The summed E-state index contributed by atoms with van der Waals surface area (Å²) in [6.07, 6.45) is -3.59. The van der Waals surface area contributed by atoms with Gasteiger partial charge >= 0.3 is 25.2 Å². The number of benzene rings is 6. The van der Waals surface area contributed by atoms with E-state index in [-0.39, 0.29) is 42.0 Å². The topological polar surface area (TPSA) is 196 Å². The van der Waals surface area contributed by atoms with Crippen molar-refractivity contribution in [3.05, 3.63) is 230 Å². The molecule has 0 bridgehead atoms. The van der Waals surface area contributed by atoms with Crippen molar-refractivity contribution >= 4 is 25.4 Å². The van der Waals surface area contributed by atoms with Gasteiger partial charge in [-0.3, -0.25) is 23.0 Å². The highest BCUT2D eigenvalue weighted by molar-refractivity contribution is 7.49. The number of carbonyl (C=O) groups excluding carboxylic acids is 1. The van der Waals surface area contributed by atoms with Crippen LogP contribution in [-0.2, 0) is 43.0 Å². The third kappa shape index (κ3) is 11.4. The molecular weight excluding hydrogens is 1060 g/mol. The Balaban J connectivity index is 0.933. The van der Waals surface area contributed by atoms with Gasteiger partial charge in [0.05, 0.1) is 18.2 Å². The molecule has 0 spiro atoms. The number of aromatic nitrogens is 4. The Kier molecular flexibility index (Phi) is 15.3. The van der Waals surface area contributed by atoms with Gasteiger partial charge in [-0.1, -0.05) is 127 Å². The van der Waals surface area contributed by atoms with Crippen molar-refractivity contribution in [1.82, 2.24) is 19.1 Å². The van der Waals surface area contributed by atoms with E-state index in [9.17, 15) is 14.4 Å². The molecule has 1 unspecified atom stereocenters. The van der Waals surface area contributed by atoms with Crippen molar-refractivity contribution in [1.29, 1.82) is 0 Å². The van der Waals surface area contributed by atoms with Gasteiger partial charge in [-0.05, 0) is 67.9 Å². The van der Waals surface area contributed by atoms with E-state index in [0.717, 1.165) is 5.56 Å². The molecule has 6 aromatic carbocycles. The number of halogens is 1. The average molecular weight is 1110 g/mol. The normalized spacial score (nSPS) is 20.7. The molecule has 0 amide bonds. The highest BCUT2D eigenvalue weighted by atomic mass is 35.5. The largest absolute Gasteiger partial charge is 0.530 e. The summed E-state index contributed by atoms with van der Waals surface area (Å²) in [7, 11) is -4.92. The summed E-state index contributed by atoms with van der Waals surface area (Å²) in [5.74, 6) is 1.60. The van der Waals surface area contributed by atoms with E-state index >= 15 is 4.57 Å². The Morgan fingerprint density at radius 1 is 0.646 bits per heavy atom. The Morgan fingerprint density at radius 3 is 1.67 bits per heavy atom. The fourth-order valence-electron chi connectivity index (χ4n) is 9.85. The molecule has 8 aromatic rings. The molecule has 404 valence electrons. The Labute approximate surface area is 458 Å². The van der Waals surface area contributed by atoms with Crippen LogP contribution in [0.2, 0.25) is 5.02 Å². The molecule has 18 nitrogen and oxygen atoms in total. The molecular formula is C59H52ClN4O14P. The molecule has 0 saturated carbocycles. The first kappa shape index (κ1) is 53.1. The fraction of sp³-hybridized carbons (Fsp3) is 0.237. The van der Waals surface area contributed by atoms with Gasteiger partial charge in [0.1, 0.15) is 65.6 Å². The average Bonchev–Trinajstić information content (AvgIpc) is 4.22. The summed E-state index contributed by atoms with van der Waals surface area (Å²) in [6.45, 7) is 3.91. The van der Waals surface area contributed by atoms with E-state index in [1.807, 2.05) is 91.0 Å². The van der Waals surface area contributed by atoms with Crippen LogP contribution in [0.25, 0.3) is 0 Å². The van der Waals surface area contributed by atoms with Crippen LogP contribution in [0.15, 0.2) is 186 Å². The van der Waals surface area contributed by atoms with Crippen molar-refractivity contribution in [2.45, 2.75) is 76.1 Å². The van der Waals surface area contributed by atoms with Crippen LogP contribution in [-0.4, -0.2) is 62.7 Å².